The molecule has 6 heteroatoms. The summed E-state index contributed by atoms with van der Waals surface area (Å²) in [4.78, 5) is 43.8. The van der Waals surface area contributed by atoms with Crippen LogP contribution in [-0.2, 0) is 13.0 Å². The number of aromatic nitrogens is 3. The first-order valence-corrected chi connectivity index (χ1v) is 8.26. The number of carbonyl (C=O) groups excluding carboxylic acids is 1. The minimum absolute atomic E-state index is 0.00311. The number of hydrogen-bond donors (Lipinski definition) is 1. The van der Waals surface area contributed by atoms with Crippen molar-refractivity contribution in [1.82, 2.24) is 14.5 Å². The number of hydrogen-bond acceptors (Lipinski definition) is 4. The van der Waals surface area contributed by atoms with Crippen LogP contribution in [0.1, 0.15) is 34.8 Å². The van der Waals surface area contributed by atoms with Crippen molar-refractivity contribution < 1.29 is 4.79 Å². The van der Waals surface area contributed by atoms with E-state index in [1.165, 1.54) is 10.8 Å². The highest BCUT2D eigenvalue weighted by molar-refractivity contribution is 6.02. The molecule has 1 aromatic carbocycles. The summed E-state index contributed by atoms with van der Waals surface area (Å²) >= 11 is 0. The fourth-order valence-electron chi connectivity index (χ4n) is 3.52. The van der Waals surface area contributed by atoms with Crippen LogP contribution in [0, 0.1) is 5.92 Å². The number of pyridine rings is 1. The minimum atomic E-state index is -0.496. The topological polar surface area (TPSA) is 84.8 Å². The van der Waals surface area contributed by atoms with Gasteiger partial charge in [-0.2, -0.15) is 0 Å². The lowest BCUT2D eigenvalue weighted by Crippen LogP contribution is -2.33. The maximum Gasteiger partial charge on any atom is 0.330 e. The average Bonchev–Trinajstić information content (AvgIpc) is 2.58. The number of carbonyl (C=O) groups is 1. The number of nitrogens with zero attached hydrogens (tertiary/aromatic N) is 2. The molecule has 126 valence electrons. The summed E-state index contributed by atoms with van der Waals surface area (Å²) < 4.78 is 1.45. The number of nitrogens with one attached hydrogen (secondary N) is 1. The van der Waals surface area contributed by atoms with E-state index in [2.05, 4.69) is 9.97 Å². The normalized spacial score (nSPS) is 16.8. The van der Waals surface area contributed by atoms with Gasteiger partial charge in [-0.25, -0.2) is 9.78 Å². The highest BCUT2D eigenvalue weighted by Crippen LogP contribution is 2.28. The molecule has 25 heavy (non-hydrogen) atoms. The maximum atomic E-state index is 12.5. The zero-order chi connectivity index (χ0) is 17.6. The summed E-state index contributed by atoms with van der Waals surface area (Å²) in [7, 11) is 0. The fourth-order valence-corrected chi connectivity index (χ4v) is 3.52. The zero-order valence-electron chi connectivity index (χ0n) is 13.8. The van der Waals surface area contributed by atoms with Gasteiger partial charge in [0, 0.05) is 18.2 Å². The monoisotopic (exact) mass is 335 g/mol. The third kappa shape index (κ3) is 2.59. The second-order valence-electron chi connectivity index (χ2n) is 6.62. The van der Waals surface area contributed by atoms with Crippen LogP contribution in [0.3, 0.4) is 0 Å². The lowest BCUT2D eigenvalue weighted by Gasteiger charge is -2.21. The number of rotatable bonds is 2. The molecule has 6 nitrogen and oxygen atoms in total. The van der Waals surface area contributed by atoms with Crippen molar-refractivity contribution in [3.8, 4) is 0 Å². The molecule has 0 fully saturated rings. The van der Waals surface area contributed by atoms with Crippen LogP contribution >= 0.6 is 0 Å². The molecular weight excluding hydrogens is 318 g/mol. The lowest BCUT2D eigenvalue weighted by molar-refractivity contribution is 0.0953. The van der Waals surface area contributed by atoms with Crippen LogP contribution in [0.15, 0.2) is 46.1 Å². The largest absolute Gasteiger partial charge is 0.330 e. The second-order valence-corrected chi connectivity index (χ2v) is 6.62. The molecule has 1 aliphatic carbocycles. The third-order valence-electron chi connectivity index (χ3n) is 4.69. The Morgan fingerprint density at radius 3 is 2.68 bits per heavy atom. The predicted octanol–water partition coefficient (Wildman–Crippen LogP) is 1.90. The molecule has 0 amide bonds. The molecule has 0 radical (unpaired) electrons. The first-order valence-electron chi connectivity index (χ1n) is 8.26. The smallest absolute Gasteiger partial charge is 0.294 e. The van der Waals surface area contributed by atoms with E-state index < -0.39 is 11.2 Å². The van der Waals surface area contributed by atoms with Crippen LogP contribution in [-0.4, -0.2) is 20.3 Å². The number of ketones is 1. The van der Waals surface area contributed by atoms with Crippen molar-refractivity contribution in [2.75, 3.05) is 0 Å². The van der Waals surface area contributed by atoms with Gasteiger partial charge >= 0.3 is 5.69 Å². The van der Waals surface area contributed by atoms with E-state index in [9.17, 15) is 14.4 Å². The highest BCUT2D eigenvalue weighted by atomic mass is 16.2. The van der Waals surface area contributed by atoms with Crippen LogP contribution in [0.4, 0.5) is 0 Å². The second kappa shape index (κ2) is 5.81. The van der Waals surface area contributed by atoms with Crippen LogP contribution in [0.2, 0.25) is 0 Å². The Labute approximate surface area is 143 Å². The standard InChI is InChI=1S/C19H17N3O3/c1-11-7-13-14(15(23)8-11)9-20-17-16(13)18(24)21-19(25)22(17)10-12-5-3-2-4-6-12/h2-6,9,11H,7-8,10H2,1H3,(H,21,24,25)/t11-/m1/s1. The van der Waals surface area contributed by atoms with E-state index in [-0.39, 0.29) is 11.7 Å². The lowest BCUT2D eigenvalue weighted by atomic mass is 9.84. The van der Waals surface area contributed by atoms with Crippen molar-refractivity contribution in [3.05, 3.63) is 74.1 Å². The SMILES string of the molecule is C[C@H]1CC(=O)c2cnc3c(c2C1)c(=O)[nH]c(=O)n3Cc1ccccc1. The van der Waals surface area contributed by atoms with E-state index >= 15 is 0 Å². The molecule has 0 saturated carbocycles. The number of benzene rings is 1. The molecule has 0 spiro atoms. The number of Topliss-reactive ketones (excluding diaryl/α,β-unsaturated/α-hetero) is 1. The number of fused-ring (bicyclic) bond motifs is 3. The predicted molar refractivity (Wildman–Crippen MR) is 94.0 cm³/mol. The van der Waals surface area contributed by atoms with Gasteiger partial charge < -0.3 is 0 Å². The van der Waals surface area contributed by atoms with Gasteiger partial charge in [-0.3, -0.25) is 19.1 Å². The molecule has 1 atom stereocenters. The summed E-state index contributed by atoms with van der Waals surface area (Å²) in [5, 5.41) is 0.355. The summed E-state index contributed by atoms with van der Waals surface area (Å²) in [6, 6.07) is 9.51. The number of aromatic amines is 1. The molecule has 0 bridgehead atoms. The first kappa shape index (κ1) is 15.5. The van der Waals surface area contributed by atoms with E-state index in [1.54, 1.807) is 0 Å². The van der Waals surface area contributed by atoms with E-state index in [4.69, 9.17) is 0 Å². The molecule has 1 aliphatic rings. The molecule has 1 N–H and O–H groups in total. The van der Waals surface area contributed by atoms with Gasteiger partial charge in [0.25, 0.3) is 5.56 Å². The molecule has 3 aromatic rings. The summed E-state index contributed by atoms with van der Waals surface area (Å²) in [5.74, 6) is 0.169. The van der Waals surface area contributed by atoms with Gasteiger partial charge in [0.05, 0.1) is 11.9 Å². The first-order chi connectivity index (χ1) is 12.0. The quantitative estimate of drug-likeness (QED) is 0.775. The van der Waals surface area contributed by atoms with Crippen LogP contribution < -0.4 is 11.2 Å². The van der Waals surface area contributed by atoms with Crippen molar-refractivity contribution >= 4 is 16.8 Å². The van der Waals surface area contributed by atoms with Crippen molar-refractivity contribution in [2.45, 2.75) is 26.3 Å². The molecule has 2 heterocycles. The Kier molecular flexibility index (Phi) is 3.60. The van der Waals surface area contributed by atoms with Gasteiger partial charge in [0.2, 0.25) is 0 Å². The van der Waals surface area contributed by atoms with E-state index in [0.29, 0.717) is 41.5 Å². The zero-order valence-corrected chi connectivity index (χ0v) is 13.8. The van der Waals surface area contributed by atoms with Crippen molar-refractivity contribution in [1.29, 1.82) is 0 Å². The van der Waals surface area contributed by atoms with E-state index in [1.807, 2.05) is 37.3 Å². The van der Waals surface area contributed by atoms with Gasteiger partial charge in [-0.15, -0.1) is 0 Å². The van der Waals surface area contributed by atoms with Crippen molar-refractivity contribution in [2.24, 2.45) is 5.92 Å². The summed E-state index contributed by atoms with van der Waals surface area (Å²) in [5.41, 5.74) is 1.50. The molecular formula is C19H17N3O3. The Morgan fingerprint density at radius 2 is 1.92 bits per heavy atom. The summed E-state index contributed by atoms with van der Waals surface area (Å²) in [6.45, 7) is 2.30. The van der Waals surface area contributed by atoms with Crippen LogP contribution in [0.25, 0.3) is 11.0 Å². The Hall–Kier alpha value is -3.02. The van der Waals surface area contributed by atoms with Gasteiger partial charge in [0.15, 0.2) is 5.78 Å². The summed E-state index contributed by atoms with van der Waals surface area (Å²) in [6.07, 6.45) is 2.60. The molecule has 2 aromatic heterocycles. The molecule has 0 aliphatic heterocycles. The number of H-pyrrole nitrogens is 1. The molecule has 0 saturated heterocycles. The molecule has 4 rings (SSSR count). The Balaban J connectivity index is 2.00. The minimum Gasteiger partial charge on any atom is -0.294 e. The maximum absolute atomic E-state index is 12.5. The van der Waals surface area contributed by atoms with Gasteiger partial charge in [-0.1, -0.05) is 37.3 Å². The third-order valence-corrected chi connectivity index (χ3v) is 4.69. The Morgan fingerprint density at radius 1 is 1.16 bits per heavy atom. The fraction of sp³-hybridized carbons (Fsp3) is 0.263. The average molecular weight is 335 g/mol. The highest BCUT2D eigenvalue weighted by Gasteiger charge is 2.26. The molecule has 0 unspecified atom stereocenters. The van der Waals surface area contributed by atoms with Gasteiger partial charge in [0.1, 0.15) is 5.65 Å². The van der Waals surface area contributed by atoms with E-state index in [0.717, 1.165) is 5.56 Å². The van der Waals surface area contributed by atoms with Crippen molar-refractivity contribution in [3.63, 3.8) is 0 Å². The van der Waals surface area contributed by atoms with Gasteiger partial charge in [-0.05, 0) is 23.5 Å². The Bertz CT molecular complexity index is 1100. The van der Waals surface area contributed by atoms with Crippen LogP contribution in [0.5, 0.6) is 0 Å².